The summed E-state index contributed by atoms with van der Waals surface area (Å²) in [6.45, 7) is 17.0. The minimum atomic E-state index is -1.28. The molecule has 390 valence electrons. The van der Waals surface area contributed by atoms with E-state index in [0.717, 1.165) is 64.2 Å². The Balaban J connectivity index is 7.80. The van der Waals surface area contributed by atoms with E-state index in [2.05, 4.69) is 78.9 Å². The summed E-state index contributed by atoms with van der Waals surface area (Å²) in [6.07, 6.45) is 44.1. The minimum Gasteiger partial charge on any atom is -0.463 e. The molecule has 0 aliphatic rings. The second-order valence-electron chi connectivity index (χ2n) is 19.9. The number of carbonyl (C=O) groups excluding carboxylic acids is 1. The number of ether oxygens (including phenoxy) is 1. The summed E-state index contributed by atoms with van der Waals surface area (Å²) < 4.78 is 5.69. The second kappa shape index (κ2) is 45.9. The van der Waals surface area contributed by atoms with Gasteiger partial charge in [0, 0.05) is 21.0 Å². The van der Waals surface area contributed by atoms with Crippen LogP contribution in [0.4, 0.5) is 0 Å². The third kappa shape index (κ3) is 31.7. The quantitative estimate of drug-likeness (QED) is 0.0313. The van der Waals surface area contributed by atoms with Crippen LogP contribution < -0.4 is 0 Å². The van der Waals surface area contributed by atoms with Crippen molar-refractivity contribution in [3.8, 4) is 0 Å². The Morgan fingerprint density at radius 2 is 0.662 bits per heavy atom. The molecule has 0 aromatic carbocycles. The number of unbranched alkanes of at least 4 members (excludes halogenated alkanes) is 20. The normalized spacial score (nSPS) is 15.4. The van der Waals surface area contributed by atoms with Gasteiger partial charge in [-0.05, 0) is 51.4 Å². The second-order valence-corrected chi connectivity index (χ2v) is 26.4. The van der Waals surface area contributed by atoms with Crippen LogP contribution in [0.3, 0.4) is 0 Å². The predicted molar refractivity (Wildman–Crippen MR) is 298 cm³/mol. The summed E-state index contributed by atoms with van der Waals surface area (Å²) in [5.74, 6) is -0.185. The zero-order chi connectivity index (χ0) is 48.3. The Hall–Kier alpha value is 0.750. The van der Waals surface area contributed by atoms with Crippen molar-refractivity contribution < 1.29 is 24.9 Å². The molecule has 0 aromatic heterocycles. The molecule has 5 nitrogen and oxygen atoms in total. The largest absolute Gasteiger partial charge is 0.463 e. The van der Waals surface area contributed by atoms with Crippen LogP contribution in [-0.2, 0) is 9.53 Å². The fourth-order valence-corrected chi connectivity index (χ4v) is 17.9. The number of aliphatic hydroxyl groups is 3. The van der Waals surface area contributed by atoms with Crippen LogP contribution in [0, 0.1) is 5.41 Å². The van der Waals surface area contributed by atoms with Gasteiger partial charge in [0.15, 0.2) is 4.08 Å². The molecule has 0 aromatic rings. The molecule has 0 saturated heterocycles. The van der Waals surface area contributed by atoms with Gasteiger partial charge >= 0.3 is 5.97 Å². The van der Waals surface area contributed by atoms with Gasteiger partial charge in [-0.25, -0.2) is 4.79 Å². The van der Waals surface area contributed by atoms with Gasteiger partial charge in [-0.1, -0.05) is 235 Å². The van der Waals surface area contributed by atoms with E-state index in [9.17, 15) is 15.3 Å². The molecular weight excluding hydrogens is 881 g/mol. The molecule has 0 spiro atoms. The zero-order valence-corrected chi connectivity index (χ0v) is 47.7. The average molecular weight is 994 g/mol. The Morgan fingerprint density at radius 1 is 0.385 bits per heavy atom. The van der Waals surface area contributed by atoms with E-state index in [1.807, 2.05) is 23.5 Å². The zero-order valence-electron chi connectivity index (χ0n) is 44.5. The summed E-state index contributed by atoms with van der Waals surface area (Å²) >= 11 is 8.24. The first-order valence-electron chi connectivity index (χ1n) is 28.3. The molecule has 9 heteroatoms. The monoisotopic (exact) mass is 993 g/mol. The Labute approximate surface area is 423 Å². The number of thioether (sulfide) groups is 4. The summed E-state index contributed by atoms with van der Waals surface area (Å²) in [7, 11) is 0. The van der Waals surface area contributed by atoms with E-state index in [1.54, 1.807) is 0 Å². The standard InChI is InChI=1S/C56H112O5S4/c1-9-17-21-25-29-33-41-49(37-13-5)62-54(63-50(38-14-6)42-34-30-26-22-18-10-2)56(53(60)61-48-55(45-57,46-58)47-59,64-51(39-15-7)43-35-31-27-23-19-11-3)65-52(40-16-8)44-36-32-28-24-20-12-4/h49-52,54,57-59H,9-48H2,1-8H3. The first-order valence-corrected chi connectivity index (χ1v) is 32.0. The lowest BCUT2D eigenvalue weighted by Gasteiger charge is -2.44. The van der Waals surface area contributed by atoms with Crippen molar-refractivity contribution in [1.29, 1.82) is 0 Å². The van der Waals surface area contributed by atoms with Crippen molar-refractivity contribution in [1.82, 2.24) is 0 Å². The number of rotatable bonds is 51. The molecule has 0 amide bonds. The van der Waals surface area contributed by atoms with E-state index >= 15 is 4.79 Å². The molecule has 4 unspecified atom stereocenters. The molecule has 0 heterocycles. The van der Waals surface area contributed by atoms with Gasteiger partial charge < -0.3 is 20.1 Å². The molecule has 0 aliphatic carbocycles. The van der Waals surface area contributed by atoms with Crippen molar-refractivity contribution in [2.75, 3.05) is 26.4 Å². The molecule has 0 aliphatic heterocycles. The van der Waals surface area contributed by atoms with Gasteiger partial charge in [0.05, 0.1) is 29.8 Å². The SMILES string of the molecule is CCCCCCCCC(CCC)SC(SC(CCC)CCCCCCCC)C(SC(CCC)CCCCCCCC)(SC(CCC)CCCCCCCC)C(=O)OCC(CO)(CO)CO. The van der Waals surface area contributed by atoms with Gasteiger partial charge in [0.2, 0.25) is 0 Å². The van der Waals surface area contributed by atoms with Crippen LogP contribution in [0.1, 0.15) is 287 Å². The molecule has 0 rings (SSSR count). The highest BCUT2D eigenvalue weighted by molar-refractivity contribution is 8.25. The first-order chi connectivity index (χ1) is 31.7. The number of aliphatic hydroxyl groups excluding tert-OH is 3. The van der Waals surface area contributed by atoms with E-state index in [4.69, 9.17) is 4.74 Å². The van der Waals surface area contributed by atoms with Crippen molar-refractivity contribution in [2.24, 2.45) is 5.41 Å². The molecule has 0 saturated carbocycles. The highest BCUT2D eigenvalue weighted by Crippen LogP contribution is 2.58. The average Bonchev–Trinajstić information content (AvgIpc) is 3.31. The van der Waals surface area contributed by atoms with Crippen molar-refractivity contribution >= 4 is 53.0 Å². The number of hydrogen-bond acceptors (Lipinski definition) is 9. The smallest absolute Gasteiger partial charge is 0.334 e. The fourth-order valence-electron chi connectivity index (χ4n) is 8.98. The van der Waals surface area contributed by atoms with Gasteiger partial charge in [-0.2, -0.15) is 0 Å². The number of carbonyl (C=O) groups is 1. The molecule has 4 atom stereocenters. The van der Waals surface area contributed by atoms with E-state index in [-0.39, 0.29) is 17.2 Å². The van der Waals surface area contributed by atoms with Crippen LogP contribution in [-0.4, -0.2) is 77.4 Å². The predicted octanol–water partition coefficient (Wildman–Crippen LogP) is 18.1. The first kappa shape index (κ1) is 65.8. The third-order valence-corrected chi connectivity index (χ3v) is 21.3. The van der Waals surface area contributed by atoms with Crippen LogP contribution in [0.5, 0.6) is 0 Å². The van der Waals surface area contributed by atoms with Crippen molar-refractivity contribution in [3.63, 3.8) is 0 Å². The molecule has 0 radical (unpaired) electrons. The minimum absolute atomic E-state index is 0.0158. The lowest BCUT2D eigenvalue weighted by molar-refractivity contribution is -0.151. The van der Waals surface area contributed by atoms with Crippen LogP contribution in [0.2, 0.25) is 0 Å². The number of esters is 1. The Kier molecular flexibility index (Phi) is 46.4. The Bertz CT molecular complexity index is 951. The third-order valence-electron chi connectivity index (χ3n) is 13.4. The van der Waals surface area contributed by atoms with Crippen LogP contribution in [0.15, 0.2) is 0 Å². The maximum atomic E-state index is 15.9. The van der Waals surface area contributed by atoms with Gasteiger partial charge in [-0.3, -0.25) is 0 Å². The lowest BCUT2D eigenvalue weighted by atomic mass is 9.93. The summed E-state index contributed by atoms with van der Waals surface area (Å²) in [5, 5.41) is 33.1. The Morgan fingerprint density at radius 3 is 0.954 bits per heavy atom. The van der Waals surface area contributed by atoms with E-state index < -0.39 is 29.3 Å². The lowest BCUT2D eigenvalue weighted by Crippen LogP contribution is -2.48. The van der Waals surface area contributed by atoms with Gasteiger partial charge in [-0.15, -0.1) is 47.0 Å². The topological polar surface area (TPSA) is 87.0 Å². The van der Waals surface area contributed by atoms with Crippen LogP contribution in [0.25, 0.3) is 0 Å². The maximum Gasteiger partial charge on any atom is 0.334 e. The molecular formula is C56H112O5S4. The molecule has 65 heavy (non-hydrogen) atoms. The fraction of sp³-hybridized carbons (Fsp3) is 0.982. The summed E-state index contributed by atoms with van der Waals surface area (Å²) in [4.78, 5) is 15.9. The van der Waals surface area contributed by atoms with E-state index in [0.29, 0.717) is 21.0 Å². The number of hydrogen-bond donors (Lipinski definition) is 3. The maximum absolute atomic E-state index is 15.9. The van der Waals surface area contributed by atoms with Crippen molar-refractivity contribution in [3.05, 3.63) is 0 Å². The van der Waals surface area contributed by atoms with E-state index in [1.165, 1.54) is 167 Å². The highest BCUT2D eigenvalue weighted by Gasteiger charge is 2.53. The molecule has 0 fully saturated rings. The summed E-state index contributed by atoms with van der Waals surface area (Å²) in [6, 6.07) is 0. The summed E-state index contributed by atoms with van der Waals surface area (Å²) in [5.41, 5.74) is -1.28. The molecule has 3 N–H and O–H groups in total. The van der Waals surface area contributed by atoms with Crippen LogP contribution >= 0.6 is 47.0 Å². The molecule has 0 bridgehead atoms. The highest BCUT2D eigenvalue weighted by atomic mass is 32.2. The van der Waals surface area contributed by atoms with Crippen molar-refractivity contribution in [2.45, 2.75) is 316 Å². The van der Waals surface area contributed by atoms with Gasteiger partial charge in [0.1, 0.15) is 6.61 Å². The van der Waals surface area contributed by atoms with Gasteiger partial charge in [0.25, 0.3) is 0 Å².